The topological polar surface area (TPSA) is 77.4 Å². The third-order valence-corrected chi connectivity index (χ3v) is 4.79. The number of rotatable bonds is 5. The number of aryl methyl sites for hydroxylation is 1. The molecule has 2 amide bonds. The third-order valence-electron chi connectivity index (χ3n) is 4.79. The van der Waals surface area contributed by atoms with E-state index in [1.165, 1.54) is 7.11 Å². The second-order valence-electron chi connectivity index (χ2n) is 6.52. The van der Waals surface area contributed by atoms with Crippen LogP contribution in [0, 0.1) is 0 Å². The maximum absolute atomic E-state index is 12.5. The van der Waals surface area contributed by atoms with Gasteiger partial charge in [-0.1, -0.05) is 18.2 Å². The zero-order valence-corrected chi connectivity index (χ0v) is 15.9. The molecule has 2 N–H and O–H groups in total. The molecule has 0 aliphatic carbocycles. The second kappa shape index (κ2) is 7.64. The number of aromatic nitrogens is 2. The van der Waals surface area contributed by atoms with Crippen LogP contribution in [0.3, 0.4) is 0 Å². The number of para-hydroxylation sites is 1. The molecule has 2 aromatic carbocycles. The van der Waals surface area contributed by atoms with Gasteiger partial charge in [0.1, 0.15) is 5.82 Å². The van der Waals surface area contributed by atoms with Crippen LogP contribution >= 0.6 is 0 Å². The summed E-state index contributed by atoms with van der Waals surface area (Å²) in [6, 6.07) is 12.7. The number of benzene rings is 2. The first-order valence-electron chi connectivity index (χ1n) is 9.13. The van der Waals surface area contributed by atoms with Crippen LogP contribution in [0.5, 0.6) is 11.5 Å². The van der Waals surface area contributed by atoms with Crippen molar-refractivity contribution in [1.29, 1.82) is 0 Å². The minimum absolute atomic E-state index is 0.359. The number of nitrogens with one attached hydrogen (secondary N) is 2. The van der Waals surface area contributed by atoms with Crippen LogP contribution in [0.25, 0.3) is 11.3 Å². The molecule has 0 saturated carbocycles. The van der Waals surface area contributed by atoms with Crippen LogP contribution in [0.2, 0.25) is 0 Å². The Morgan fingerprint density at radius 2 is 1.96 bits per heavy atom. The molecule has 3 aromatic rings. The van der Waals surface area contributed by atoms with Crippen molar-refractivity contribution in [3.05, 3.63) is 54.5 Å². The molecule has 4 rings (SSSR count). The summed E-state index contributed by atoms with van der Waals surface area (Å²) in [5, 5.41) is 5.68. The number of ether oxygens (including phenoxy) is 2. The Hall–Kier alpha value is -3.48. The van der Waals surface area contributed by atoms with Crippen LogP contribution in [-0.4, -0.2) is 29.8 Å². The van der Waals surface area contributed by atoms with Crippen molar-refractivity contribution in [2.75, 3.05) is 24.9 Å². The molecule has 1 aromatic heterocycles. The molecule has 0 fully saturated rings. The van der Waals surface area contributed by atoms with E-state index < -0.39 is 0 Å². The zero-order chi connectivity index (χ0) is 19.5. The molecule has 0 unspecified atom stereocenters. The fourth-order valence-electron chi connectivity index (χ4n) is 3.52. The van der Waals surface area contributed by atoms with E-state index in [0.717, 1.165) is 36.5 Å². The number of fused-ring (bicyclic) bond motifs is 1. The van der Waals surface area contributed by atoms with Gasteiger partial charge in [-0.2, -0.15) is 0 Å². The summed E-state index contributed by atoms with van der Waals surface area (Å²) < 4.78 is 12.9. The summed E-state index contributed by atoms with van der Waals surface area (Å²) in [4.78, 5) is 17.0. The van der Waals surface area contributed by atoms with Gasteiger partial charge in [-0.3, -0.25) is 0 Å². The van der Waals surface area contributed by atoms with Crippen molar-refractivity contribution in [1.82, 2.24) is 9.55 Å². The molecular formula is C21H22N4O3. The predicted octanol–water partition coefficient (Wildman–Crippen LogP) is 4.16. The van der Waals surface area contributed by atoms with Crippen molar-refractivity contribution in [3.63, 3.8) is 0 Å². The number of carbonyl (C=O) groups excluding carboxylic acids is 1. The summed E-state index contributed by atoms with van der Waals surface area (Å²) in [7, 11) is 3.09. The van der Waals surface area contributed by atoms with Gasteiger partial charge in [-0.25, -0.2) is 9.78 Å². The summed E-state index contributed by atoms with van der Waals surface area (Å²) in [6.45, 7) is 0.985. The maximum atomic E-state index is 12.5. The molecule has 28 heavy (non-hydrogen) atoms. The Morgan fingerprint density at radius 1 is 1.11 bits per heavy atom. The van der Waals surface area contributed by atoms with Gasteiger partial charge in [0.15, 0.2) is 11.5 Å². The van der Waals surface area contributed by atoms with Gasteiger partial charge in [0.05, 0.1) is 31.8 Å². The highest BCUT2D eigenvalue weighted by Gasteiger charge is 2.17. The smallest absolute Gasteiger partial charge is 0.323 e. The molecule has 0 atom stereocenters. The molecular weight excluding hydrogens is 356 g/mol. The summed E-state index contributed by atoms with van der Waals surface area (Å²) in [5.74, 6) is 2.15. The van der Waals surface area contributed by atoms with Crippen molar-refractivity contribution in [3.8, 4) is 22.8 Å². The van der Waals surface area contributed by atoms with Crippen molar-refractivity contribution in [2.45, 2.75) is 19.4 Å². The van der Waals surface area contributed by atoms with Crippen LogP contribution in [0.1, 0.15) is 12.2 Å². The predicted molar refractivity (Wildman–Crippen MR) is 108 cm³/mol. The van der Waals surface area contributed by atoms with E-state index in [4.69, 9.17) is 9.47 Å². The fourth-order valence-corrected chi connectivity index (χ4v) is 3.52. The number of amides is 2. The molecule has 7 heteroatoms. The van der Waals surface area contributed by atoms with Crippen molar-refractivity contribution >= 4 is 17.4 Å². The van der Waals surface area contributed by atoms with E-state index in [2.05, 4.69) is 20.2 Å². The molecule has 144 valence electrons. The number of imidazole rings is 1. The van der Waals surface area contributed by atoms with Crippen LogP contribution in [0.4, 0.5) is 16.2 Å². The molecule has 0 radical (unpaired) electrons. The summed E-state index contributed by atoms with van der Waals surface area (Å²) >= 11 is 0. The van der Waals surface area contributed by atoms with Gasteiger partial charge in [-0.05, 0) is 30.7 Å². The Kier molecular flexibility index (Phi) is 4.89. The number of carbonyl (C=O) groups is 1. The molecule has 0 spiro atoms. The minimum atomic E-state index is -0.359. The minimum Gasteiger partial charge on any atom is -0.493 e. The van der Waals surface area contributed by atoms with Gasteiger partial charge in [0, 0.05) is 24.2 Å². The van der Waals surface area contributed by atoms with Gasteiger partial charge >= 0.3 is 6.03 Å². The number of methoxy groups -OCH3 is 2. The number of anilines is 2. The standard InChI is InChI=1S/C21H22N4O3/c1-27-18-9-4-8-16(20(18)28-2)24-21(26)23-15-7-3-6-14(12-15)17-13-22-19-10-5-11-25(17)19/h3-4,6-9,12-13H,5,10-11H2,1-2H3,(H2,23,24,26). The summed E-state index contributed by atoms with van der Waals surface area (Å²) in [6.07, 6.45) is 4.04. The lowest BCUT2D eigenvalue weighted by atomic mass is 10.1. The number of hydrogen-bond acceptors (Lipinski definition) is 4. The highest BCUT2D eigenvalue weighted by molar-refractivity contribution is 6.01. The van der Waals surface area contributed by atoms with Gasteiger partial charge in [0.25, 0.3) is 0 Å². The Morgan fingerprint density at radius 3 is 2.79 bits per heavy atom. The maximum Gasteiger partial charge on any atom is 0.323 e. The van der Waals surface area contributed by atoms with E-state index in [9.17, 15) is 4.79 Å². The largest absolute Gasteiger partial charge is 0.493 e. The molecule has 2 heterocycles. The lowest BCUT2D eigenvalue weighted by molar-refractivity contribution is 0.262. The average Bonchev–Trinajstić information content (AvgIpc) is 3.31. The van der Waals surface area contributed by atoms with Gasteiger partial charge in [0.2, 0.25) is 0 Å². The zero-order valence-electron chi connectivity index (χ0n) is 15.9. The lowest BCUT2D eigenvalue weighted by Gasteiger charge is -2.14. The average molecular weight is 378 g/mol. The van der Waals surface area contributed by atoms with E-state index >= 15 is 0 Å². The van der Waals surface area contributed by atoms with E-state index in [-0.39, 0.29) is 6.03 Å². The fraction of sp³-hybridized carbons (Fsp3) is 0.238. The molecule has 7 nitrogen and oxygen atoms in total. The van der Waals surface area contributed by atoms with E-state index in [1.807, 2.05) is 30.5 Å². The molecule has 0 bridgehead atoms. The van der Waals surface area contributed by atoms with E-state index in [1.54, 1.807) is 25.3 Å². The molecule has 1 aliphatic heterocycles. The normalized spacial score (nSPS) is 12.4. The first-order valence-corrected chi connectivity index (χ1v) is 9.13. The number of urea groups is 1. The van der Waals surface area contributed by atoms with Crippen LogP contribution in [-0.2, 0) is 13.0 Å². The SMILES string of the molecule is COc1cccc(NC(=O)Nc2cccc(-c3cnc4n3CCC4)c2)c1OC. The first-order chi connectivity index (χ1) is 13.7. The Bertz CT molecular complexity index is 1010. The number of nitrogens with zero attached hydrogens (tertiary/aromatic N) is 2. The van der Waals surface area contributed by atoms with E-state index in [0.29, 0.717) is 22.9 Å². The van der Waals surface area contributed by atoms with Crippen molar-refractivity contribution < 1.29 is 14.3 Å². The third kappa shape index (κ3) is 3.38. The molecule has 1 aliphatic rings. The summed E-state index contributed by atoms with van der Waals surface area (Å²) in [5.41, 5.74) is 3.33. The van der Waals surface area contributed by atoms with Crippen LogP contribution in [0.15, 0.2) is 48.7 Å². The molecule has 0 saturated heterocycles. The quantitative estimate of drug-likeness (QED) is 0.699. The monoisotopic (exact) mass is 378 g/mol. The highest BCUT2D eigenvalue weighted by Crippen LogP contribution is 2.34. The van der Waals surface area contributed by atoms with Gasteiger partial charge in [-0.15, -0.1) is 0 Å². The first kappa shape index (κ1) is 17.9. The Labute approximate surface area is 163 Å². The second-order valence-corrected chi connectivity index (χ2v) is 6.52. The van der Waals surface area contributed by atoms with Crippen LogP contribution < -0.4 is 20.1 Å². The lowest BCUT2D eigenvalue weighted by Crippen LogP contribution is -2.20. The van der Waals surface area contributed by atoms with Crippen molar-refractivity contribution in [2.24, 2.45) is 0 Å². The Balaban J connectivity index is 1.51. The number of hydrogen-bond donors (Lipinski definition) is 2. The highest BCUT2D eigenvalue weighted by atomic mass is 16.5. The van der Waals surface area contributed by atoms with Gasteiger partial charge < -0.3 is 24.7 Å².